The summed E-state index contributed by atoms with van der Waals surface area (Å²) < 4.78 is 5.26. The molecule has 3 rings (SSSR count). The number of nitrogens with zero attached hydrogens (tertiary/aromatic N) is 1. The van der Waals surface area contributed by atoms with Crippen LogP contribution in [-0.4, -0.2) is 17.4 Å². The van der Waals surface area contributed by atoms with E-state index in [4.69, 9.17) is 4.74 Å². The van der Waals surface area contributed by atoms with Gasteiger partial charge in [0.15, 0.2) is 12.4 Å². The Morgan fingerprint density at radius 2 is 2.20 bits per heavy atom. The molecule has 25 heavy (non-hydrogen) atoms. The number of nitrogens with one attached hydrogen (secondary N) is 2. The van der Waals surface area contributed by atoms with Gasteiger partial charge in [-0.3, -0.25) is 14.9 Å². The number of thiophene rings is 1. The minimum Gasteiger partial charge on any atom is -0.481 e. The fraction of sp³-hybridized carbons (Fsp3) is 0.353. The summed E-state index contributed by atoms with van der Waals surface area (Å²) in [5.74, 6) is 0.0339. The molecule has 0 radical (unpaired) electrons. The third-order valence-electron chi connectivity index (χ3n) is 4.09. The highest BCUT2D eigenvalue weighted by Crippen LogP contribution is 2.40. The quantitative estimate of drug-likeness (QED) is 0.619. The van der Waals surface area contributed by atoms with Crippen molar-refractivity contribution in [2.45, 2.75) is 33.2 Å². The minimum absolute atomic E-state index is 0.0780. The normalized spacial score (nSPS) is 14.3. The molecule has 8 heteroatoms. The van der Waals surface area contributed by atoms with E-state index < -0.39 is 4.92 Å². The van der Waals surface area contributed by atoms with Crippen LogP contribution in [0.15, 0.2) is 18.2 Å². The SMILES string of the molecule is CCc1sc(C(C)Nc2cc3c(cc2[N+](=O)[O-])OCC(=O)N3)cc1C. The van der Waals surface area contributed by atoms with Gasteiger partial charge in [0.25, 0.3) is 11.6 Å². The zero-order chi connectivity index (χ0) is 18.1. The molecule has 2 N–H and O–H groups in total. The number of carbonyl (C=O) groups is 1. The second-order valence-corrected chi connectivity index (χ2v) is 7.10. The van der Waals surface area contributed by atoms with Crippen molar-refractivity contribution in [3.05, 3.63) is 43.6 Å². The molecule has 0 aliphatic carbocycles. The average Bonchev–Trinajstić information content (AvgIpc) is 2.95. The molecule has 2 heterocycles. The van der Waals surface area contributed by atoms with Crippen LogP contribution in [0, 0.1) is 17.0 Å². The van der Waals surface area contributed by atoms with E-state index in [2.05, 4.69) is 30.5 Å². The third-order valence-corrected chi connectivity index (χ3v) is 5.65. The second-order valence-electron chi connectivity index (χ2n) is 5.93. The first-order valence-corrected chi connectivity index (χ1v) is 8.81. The molecule has 1 amide bonds. The Labute approximate surface area is 149 Å². The van der Waals surface area contributed by atoms with Gasteiger partial charge in [-0.2, -0.15) is 0 Å². The molecule has 1 aliphatic rings. The van der Waals surface area contributed by atoms with Crippen molar-refractivity contribution in [3.63, 3.8) is 0 Å². The third kappa shape index (κ3) is 3.43. The Balaban J connectivity index is 1.93. The molecule has 1 unspecified atom stereocenters. The Morgan fingerprint density at radius 3 is 2.84 bits per heavy atom. The summed E-state index contributed by atoms with van der Waals surface area (Å²) in [6.45, 7) is 6.00. The molecule has 1 aromatic carbocycles. The summed E-state index contributed by atoms with van der Waals surface area (Å²) in [5, 5.41) is 17.3. The number of carbonyl (C=O) groups excluding carboxylic acids is 1. The molecule has 132 valence electrons. The maximum Gasteiger partial charge on any atom is 0.296 e. The van der Waals surface area contributed by atoms with Gasteiger partial charge in [0.1, 0.15) is 5.69 Å². The summed E-state index contributed by atoms with van der Waals surface area (Å²) >= 11 is 1.70. The zero-order valence-corrected chi connectivity index (χ0v) is 15.0. The first-order valence-electron chi connectivity index (χ1n) is 7.99. The number of rotatable bonds is 5. The highest BCUT2D eigenvalue weighted by Gasteiger charge is 2.25. The standard InChI is InChI=1S/C17H19N3O4S/c1-4-15-9(2)5-16(25-15)10(3)18-11-6-12-14(7-13(11)20(22)23)24-8-17(21)19-12/h5-7,10,18H,4,8H2,1-3H3,(H,19,21). The van der Waals surface area contributed by atoms with Crippen LogP contribution in [0.4, 0.5) is 17.1 Å². The number of benzene rings is 1. The van der Waals surface area contributed by atoms with E-state index in [0.717, 1.165) is 11.3 Å². The highest BCUT2D eigenvalue weighted by atomic mass is 32.1. The van der Waals surface area contributed by atoms with Crippen molar-refractivity contribution in [2.24, 2.45) is 0 Å². The van der Waals surface area contributed by atoms with Gasteiger partial charge in [0.05, 0.1) is 22.7 Å². The first kappa shape index (κ1) is 17.2. The zero-order valence-electron chi connectivity index (χ0n) is 14.2. The maximum absolute atomic E-state index is 11.5. The van der Waals surface area contributed by atoms with Gasteiger partial charge in [0, 0.05) is 9.75 Å². The van der Waals surface area contributed by atoms with Crippen LogP contribution < -0.4 is 15.4 Å². The van der Waals surface area contributed by atoms with Gasteiger partial charge in [-0.1, -0.05) is 6.92 Å². The fourth-order valence-electron chi connectivity index (χ4n) is 2.80. The van der Waals surface area contributed by atoms with Crippen LogP contribution >= 0.6 is 11.3 Å². The molecule has 0 spiro atoms. The van der Waals surface area contributed by atoms with E-state index in [-0.39, 0.29) is 24.2 Å². The number of nitro groups is 1. The minimum atomic E-state index is -0.452. The van der Waals surface area contributed by atoms with Crippen molar-refractivity contribution < 1.29 is 14.5 Å². The predicted molar refractivity (Wildman–Crippen MR) is 97.7 cm³/mol. The van der Waals surface area contributed by atoms with Crippen LogP contribution in [0.25, 0.3) is 0 Å². The number of nitro benzene ring substituents is 1. The molecule has 2 aromatic rings. The van der Waals surface area contributed by atoms with Gasteiger partial charge in [-0.05, 0) is 38.0 Å². The molecule has 0 fully saturated rings. The molecule has 1 aromatic heterocycles. The summed E-state index contributed by atoms with van der Waals surface area (Å²) in [5.41, 5.74) is 1.95. The Kier molecular flexibility index (Phi) is 4.63. The van der Waals surface area contributed by atoms with E-state index in [1.54, 1.807) is 17.4 Å². The second kappa shape index (κ2) is 6.72. The van der Waals surface area contributed by atoms with Crippen molar-refractivity contribution in [3.8, 4) is 5.75 Å². The lowest BCUT2D eigenvalue weighted by atomic mass is 10.1. The number of anilines is 2. The van der Waals surface area contributed by atoms with Crippen LogP contribution in [-0.2, 0) is 11.2 Å². The number of fused-ring (bicyclic) bond motifs is 1. The van der Waals surface area contributed by atoms with Gasteiger partial charge in [0.2, 0.25) is 0 Å². The van der Waals surface area contributed by atoms with Crippen molar-refractivity contribution in [1.82, 2.24) is 0 Å². The average molecular weight is 361 g/mol. The summed E-state index contributed by atoms with van der Waals surface area (Å²) in [7, 11) is 0. The van der Waals surface area contributed by atoms with E-state index in [1.165, 1.54) is 16.5 Å². The molecular weight excluding hydrogens is 342 g/mol. The number of hydrogen-bond donors (Lipinski definition) is 2. The van der Waals surface area contributed by atoms with Gasteiger partial charge < -0.3 is 15.4 Å². The molecule has 0 bridgehead atoms. The topological polar surface area (TPSA) is 93.5 Å². The van der Waals surface area contributed by atoms with Crippen LogP contribution in [0.5, 0.6) is 5.75 Å². The van der Waals surface area contributed by atoms with Crippen LogP contribution in [0.1, 0.15) is 35.2 Å². The maximum atomic E-state index is 11.5. The van der Waals surface area contributed by atoms with E-state index in [1.807, 2.05) is 6.92 Å². The van der Waals surface area contributed by atoms with Crippen molar-refractivity contribution >= 4 is 34.3 Å². The molecule has 0 saturated carbocycles. The summed E-state index contributed by atoms with van der Waals surface area (Å²) in [6, 6.07) is 4.92. The van der Waals surface area contributed by atoms with Gasteiger partial charge in [-0.15, -0.1) is 11.3 Å². The predicted octanol–water partition coefficient (Wildman–Crippen LogP) is 4.03. The number of aryl methyl sites for hydroxylation is 2. The van der Waals surface area contributed by atoms with Crippen molar-refractivity contribution in [1.29, 1.82) is 0 Å². The van der Waals surface area contributed by atoms with Gasteiger partial charge in [-0.25, -0.2) is 0 Å². The molecule has 1 atom stereocenters. The lowest BCUT2D eigenvalue weighted by Crippen LogP contribution is -2.25. The van der Waals surface area contributed by atoms with Gasteiger partial charge >= 0.3 is 0 Å². The largest absolute Gasteiger partial charge is 0.481 e. The summed E-state index contributed by atoms with van der Waals surface area (Å²) in [6.07, 6.45) is 0.964. The van der Waals surface area contributed by atoms with Crippen LogP contribution in [0.2, 0.25) is 0 Å². The van der Waals surface area contributed by atoms with E-state index in [9.17, 15) is 14.9 Å². The Bertz CT molecular complexity index is 847. The van der Waals surface area contributed by atoms with E-state index in [0.29, 0.717) is 17.1 Å². The van der Waals surface area contributed by atoms with Crippen LogP contribution in [0.3, 0.4) is 0 Å². The van der Waals surface area contributed by atoms with Crippen molar-refractivity contribution in [2.75, 3.05) is 17.2 Å². The Morgan fingerprint density at radius 1 is 1.44 bits per heavy atom. The monoisotopic (exact) mass is 361 g/mol. The molecular formula is C17H19N3O4S. The lowest BCUT2D eigenvalue weighted by molar-refractivity contribution is -0.384. The number of hydrogen-bond acceptors (Lipinski definition) is 6. The summed E-state index contributed by atoms with van der Waals surface area (Å²) in [4.78, 5) is 24.9. The molecule has 0 saturated heterocycles. The number of ether oxygens (including phenoxy) is 1. The molecule has 1 aliphatic heterocycles. The fourth-order valence-corrected chi connectivity index (χ4v) is 3.92. The number of amides is 1. The highest BCUT2D eigenvalue weighted by molar-refractivity contribution is 7.12. The smallest absolute Gasteiger partial charge is 0.296 e. The first-order chi connectivity index (χ1) is 11.9. The Hall–Kier alpha value is -2.61. The molecule has 7 nitrogen and oxygen atoms in total. The van der Waals surface area contributed by atoms with E-state index >= 15 is 0 Å². The lowest BCUT2D eigenvalue weighted by Gasteiger charge is -2.20.